The number of fused-ring (bicyclic) bond motifs is 9. The van der Waals surface area contributed by atoms with E-state index in [0.717, 1.165) is 99.3 Å². The van der Waals surface area contributed by atoms with Gasteiger partial charge in [-0.2, -0.15) is 0 Å². The number of amides is 4. The quantitative estimate of drug-likeness (QED) is 0.126. The van der Waals surface area contributed by atoms with E-state index in [1.54, 1.807) is 20.4 Å². The Bertz CT molecular complexity index is 3290. The van der Waals surface area contributed by atoms with Crippen molar-refractivity contribution in [3.8, 4) is 22.5 Å². The Balaban J connectivity index is 0.887. The van der Waals surface area contributed by atoms with Gasteiger partial charge >= 0.3 is 12.0 Å². The topological polar surface area (TPSA) is 171 Å². The molecular weight excluding hydrogens is 1010 g/mol. The Morgan fingerprint density at radius 1 is 1.00 bits per heavy atom. The molecule has 18 heteroatoms. The third-order valence-corrected chi connectivity index (χ3v) is 18.5. The number of aryl methyl sites for hydroxylation is 1. The third-order valence-electron chi connectivity index (χ3n) is 17.6. The van der Waals surface area contributed by atoms with Gasteiger partial charge in [-0.3, -0.25) is 34.3 Å². The maximum absolute atomic E-state index is 15.0. The molecule has 2 saturated heterocycles. The lowest BCUT2D eigenvalue weighted by Crippen LogP contribution is -2.62. The largest absolute Gasteiger partial charge is 0.464 e. The zero-order chi connectivity index (χ0) is 54.9. The summed E-state index contributed by atoms with van der Waals surface area (Å²) in [5.74, 6) is -1.94. The number of likely N-dealkylation sites (N-methyl/N-ethyl adjacent to an activating group) is 1. The monoisotopic (exact) mass is 1090 g/mol. The lowest BCUT2D eigenvalue weighted by atomic mass is 9.67. The number of hydrogen-bond acceptors (Lipinski definition) is 13. The van der Waals surface area contributed by atoms with Crippen LogP contribution in [-0.4, -0.2) is 141 Å². The van der Waals surface area contributed by atoms with E-state index in [0.29, 0.717) is 43.9 Å². The molecule has 1 unspecified atom stereocenters. The minimum absolute atomic E-state index is 0.0732. The van der Waals surface area contributed by atoms with Crippen LogP contribution in [0.4, 0.5) is 10.5 Å². The van der Waals surface area contributed by atoms with E-state index >= 15 is 4.79 Å². The molecule has 1 saturated carbocycles. The number of carbonyl (C=O) groups excluding carboxylic acids is 4. The van der Waals surface area contributed by atoms with Gasteiger partial charge in [0.2, 0.25) is 5.91 Å². The number of benzene rings is 2. The highest BCUT2D eigenvalue weighted by molar-refractivity contribution is 7.10. The summed E-state index contributed by atoms with van der Waals surface area (Å²) in [6, 6.07) is 18.2. The van der Waals surface area contributed by atoms with E-state index < -0.39 is 47.4 Å². The van der Waals surface area contributed by atoms with Crippen molar-refractivity contribution in [2.24, 2.45) is 11.3 Å². The smallest absolute Gasteiger partial charge is 0.324 e. The number of piperazine rings is 1. The molecule has 4 amide bonds. The SMILES string of the molecule is CCn1c2c3c4cc(ccc41)-c1csc(n1)C[C@H](NC(=O)[C@H](C(C)C)N(C)C(=O)N1Cc4ccccc4[C@H]1Cc1cccnc1)C(=O)N1CCC[C@H](N1)C(=O)OCC(C)(C)C3[C@H](OC)c1ncc(N3CCN(C4CC4)CC3)cc1-2. The van der Waals surface area contributed by atoms with Gasteiger partial charge < -0.3 is 34.1 Å². The van der Waals surface area contributed by atoms with Crippen LogP contribution in [0.25, 0.3) is 33.4 Å². The standard InChI is InChI=1S/C61H73N11O6S/c1-8-70-48-20-17-38-28-43(48)51-52(56(77-7)53-44(55(51)70)29-41(32-63-53)69-25-23-68(24-26-69)40-18-19-40)61(4,5)35-78-59(75)45-16-12-22-72(66-45)58(74)46(30-50-64-47(38)34-79-50)65-57(73)54(36(2)3)67(6)60(76)71-33-39-14-9-10-15-42(39)49(71)27-37-13-11-21-62-31-37/h9-11,13-15,17,20-21,28-29,31-32,34,36,40,45-46,49,52,54,56,66H,8,12,16,18-19,22-27,30,33,35H2,1-7H3,(H,65,73)/t45-,46-,49+,52?,54-,56-/m0/s1. The first kappa shape index (κ1) is 52.9. The molecule has 414 valence electrons. The number of rotatable bonds is 10. The first-order valence-electron chi connectivity index (χ1n) is 28.4. The molecule has 0 radical (unpaired) electrons. The Morgan fingerprint density at radius 2 is 1.81 bits per heavy atom. The molecule has 2 N–H and O–H groups in total. The number of cyclic esters (lactones) is 1. The number of ether oxygens (including phenoxy) is 2. The second-order valence-corrected chi connectivity index (χ2v) is 24.5. The van der Waals surface area contributed by atoms with E-state index in [9.17, 15) is 14.4 Å². The number of thiazole rings is 1. The first-order chi connectivity index (χ1) is 38.2. The normalized spacial score (nSPS) is 23.5. The van der Waals surface area contributed by atoms with Crippen LogP contribution < -0.4 is 15.6 Å². The number of aromatic nitrogens is 4. The maximum atomic E-state index is 15.0. The first-order valence-corrected chi connectivity index (χ1v) is 29.3. The Morgan fingerprint density at radius 3 is 2.56 bits per heavy atom. The summed E-state index contributed by atoms with van der Waals surface area (Å²) in [7, 11) is 3.42. The van der Waals surface area contributed by atoms with E-state index in [4.69, 9.17) is 19.4 Å². The zero-order valence-corrected chi connectivity index (χ0v) is 47.3. The summed E-state index contributed by atoms with van der Waals surface area (Å²) in [5.41, 5.74) is 13.7. The van der Waals surface area contributed by atoms with Gasteiger partial charge in [-0.1, -0.05) is 64.1 Å². The van der Waals surface area contributed by atoms with Gasteiger partial charge in [0.15, 0.2) is 0 Å². The summed E-state index contributed by atoms with van der Waals surface area (Å²) in [4.78, 5) is 82.5. The van der Waals surface area contributed by atoms with E-state index in [1.165, 1.54) is 34.1 Å². The van der Waals surface area contributed by atoms with Crippen molar-refractivity contribution in [2.75, 3.05) is 58.4 Å². The highest BCUT2D eigenvalue weighted by atomic mass is 32.1. The van der Waals surface area contributed by atoms with Crippen molar-refractivity contribution in [3.63, 3.8) is 0 Å². The molecule has 6 bridgehead atoms. The molecule has 4 aromatic heterocycles. The molecule has 12 rings (SSSR count). The number of hydrazine groups is 1. The molecule has 6 atom stereocenters. The molecule has 3 fully saturated rings. The van der Waals surface area contributed by atoms with E-state index in [-0.39, 0.29) is 36.9 Å². The van der Waals surface area contributed by atoms with E-state index in [1.807, 2.05) is 66.9 Å². The van der Waals surface area contributed by atoms with Gasteiger partial charge in [0.05, 0.1) is 46.6 Å². The molecule has 8 heterocycles. The van der Waals surface area contributed by atoms with Crippen molar-refractivity contribution in [1.29, 1.82) is 0 Å². The zero-order valence-electron chi connectivity index (χ0n) is 46.5. The Labute approximate surface area is 466 Å². The lowest BCUT2D eigenvalue weighted by Gasteiger charge is -2.43. The van der Waals surface area contributed by atoms with Crippen LogP contribution in [0, 0.1) is 11.3 Å². The maximum Gasteiger partial charge on any atom is 0.324 e. The van der Waals surface area contributed by atoms with Gasteiger partial charge in [0, 0.05) is 124 Å². The number of urea groups is 1. The summed E-state index contributed by atoms with van der Waals surface area (Å²) in [6.07, 6.45) is 9.35. The van der Waals surface area contributed by atoms with Crippen LogP contribution in [-0.2, 0) is 49.8 Å². The molecule has 17 nitrogen and oxygen atoms in total. The minimum Gasteiger partial charge on any atom is -0.464 e. The number of esters is 1. The van der Waals surface area contributed by atoms with Crippen molar-refractivity contribution < 1.29 is 28.7 Å². The fourth-order valence-corrected chi connectivity index (χ4v) is 14.3. The van der Waals surface area contributed by atoms with Crippen molar-refractivity contribution in [1.82, 2.24) is 50.0 Å². The molecule has 0 spiro atoms. The average molecular weight is 1090 g/mol. The van der Waals surface area contributed by atoms with E-state index in [2.05, 4.69) is 81.2 Å². The lowest BCUT2D eigenvalue weighted by molar-refractivity contribution is -0.156. The number of nitrogens with one attached hydrogen (secondary N) is 2. The van der Waals surface area contributed by atoms with Crippen LogP contribution in [0.5, 0.6) is 0 Å². The van der Waals surface area contributed by atoms with Gasteiger partial charge in [0.25, 0.3) is 5.91 Å². The summed E-state index contributed by atoms with van der Waals surface area (Å²) >= 11 is 1.44. The molecule has 6 aliphatic rings. The number of pyridine rings is 2. The Kier molecular flexibility index (Phi) is 14.3. The number of methoxy groups -OCH3 is 1. The number of carbonyl (C=O) groups is 4. The average Bonchev–Trinajstić information content (AvgIpc) is 4.21. The molecule has 6 aromatic rings. The van der Waals surface area contributed by atoms with Crippen LogP contribution in [0.3, 0.4) is 0 Å². The van der Waals surface area contributed by atoms with Crippen LogP contribution in [0.1, 0.15) is 111 Å². The van der Waals surface area contributed by atoms with Crippen LogP contribution in [0.2, 0.25) is 0 Å². The molecule has 79 heavy (non-hydrogen) atoms. The fourth-order valence-electron chi connectivity index (χ4n) is 13.5. The number of hydrogen-bond donors (Lipinski definition) is 2. The molecule has 2 aliphatic carbocycles. The van der Waals surface area contributed by atoms with Crippen molar-refractivity contribution >= 4 is 51.7 Å². The van der Waals surface area contributed by atoms with Gasteiger partial charge in [-0.25, -0.2) is 15.2 Å². The van der Waals surface area contributed by atoms with Crippen molar-refractivity contribution in [3.05, 3.63) is 118 Å². The van der Waals surface area contributed by atoms with Gasteiger partial charge in [0.1, 0.15) is 24.2 Å². The predicted octanol–water partition coefficient (Wildman–Crippen LogP) is 8.29. The Hall–Kier alpha value is -6.73. The van der Waals surface area contributed by atoms with Crippen LogP contribution in [0.15, 0.2) is 84.6 Å². The van der Waals surface area contributed by atoms with Gasteiger partial charge in [-0.05, 0) is 91.5 Å². The summed E-state index contributed by atoms with van der Waals surface area (Å²) < 4.78 is 15.4. The molecule has 4 aliphatic heterocycles. The number of anilines is 1. The van der Waals surface area contributed by atoms with Crippen molar-refractivity contribution in [2.45, 2.75) is 128 Å². The third kappa shape index (κ3) is 9.86. The highest BCUT2D eigenvalue weighted by Crippen LogP contribution is 2.57. The second-order valence-electron chi connectivity index (χ2n) is 23.5. The number of nitrogens with zero attached hydrogens (tertiary/aromatic N) is 9. The predicted molar refractivity (Wildman–Crippen MR) is 304 cm³/mol. The molecular formula is C61H73N11O6S. The minimum atomic E-state index is -1.09. The van der Waals surface area contributed by atoms with Crippen LogP contribution >= 0.6 is 11.3 Å². The highest BCUT2D eigenvalue weighted by Gasteiger charge is 2.49. The fraction of sp³-hybridized carbons (Fsp3) is 0.492. The summed E-state index contributed by atoms with van der Waals surface area (Å²) in [6.45, 7) is 15.8. The summed E-state index contributed by atoms with van der Waals surface area (Å²) in [5, 5.41) is 8.32. The second kappa shape index (κ2) is 21.4. The van der Waals surface area contributed by atoms with Gasteiger partial charge in [-0.15, -0.1) is 11.3 Å². The molecule has 2 aromatic carbocycles.